The minimum Gasteiger partial charge on any atom is -0.342 e. The molecule has 0 unspecified atom stereocenters. The first-order valence-electron chi connectivity index (χ1n) is 7.26. The molecule has 0 aromatic carbocycles. The molecule has 3 rings (SSSR count). The maximum absolute atomic E-state index is 12.3. The van der Waals surface area contributed by atoms with E-state index in [0.29, 0.717) is 0 Å². The Morgan fingerprint density at radius 1 is 0.905 bits per heavy atom. The smallest absolute Gasteiger partial charge is 0.190 e. The second kappa shape index (κ2) is 4.86. The summed E-state index contributed by atoms with van der Waals surface area (Å²) >= 11 is 0. The quantitative estimate of drug-likeness (QED) is 0.720. The number of hydrogen-bond donors (Lipinski definition) is 0. The summed E-state index contributed by atoms with van der Waals surface area (Å²) in [7, 11) is 0. The molecule has 3 saturated heterocycles. The summed E-state index contributed by atoms with van der Waals surface area (Å²) in [6.45, 7) is 9.05. The molecular formula is C15H22O6. The number of allylic oxidation sites excluding steroid dienone is 1. The molecule has 21 heavy (non-hydrogen) atoms. The van der Waals surface area contributed by atoms with Crippen molar-refractivity contribution in [3.05, 3.63) is 12.2 Å². The van der Waals surface area contributed by atoms with E-state index < -0.39 is 36.2 Å². The van der Waals surface area contributed by atoms with E-state index in [4.69, 9.17) is 23.7 Å². The number of ketones is 1. The monoisotopic (exact) mass is 298 g/mol. The van der Waals surface area contributed by atoms with Crippen molar-refractivity contribution < 1.29 is 28.5 Å². The minimum atomic E-state index is -0.780. The zero-order valence-corrected chi connectivity index (χ0v) is 13.0. The highest BCUT2D eigenvalue weighted by Crippen LogP contribution is 2.44. The molecule has 5 atom stereocenters. The number of carbonyl (C=O) groups excluding carboxylic acids is 1. The Balaban J connectivity index is 1.90. The van der Waals surface area contributed by atoms with E-state index >= 15 is 0 Å². The van der Waals surface area contributed by atoms with Gasteiger partial charge in [0.15, 0.2) is 29.8 Å². The van der Waals surface area contributed by atoms with Crippen LogP contribution in [0.2, 0.25) is 0 Å². The maximum Gasteiger partial charge on any atom is 0.190 e. The molecule has 0 amide bonds. The molecule has 0 aliphatic carbocycles. The molecule has 0 bridgehead atoms. The molecule has 0 aromatic rings. The second-order valence-electron chi connectivity index (χ2n) is 6.49. The van der Waals surface area contributed by atoms with Crippen LogP contribution >= 0.6 is 0 Å². The van der Waals surface area contributed by atoms with E-state index in [2.05, 4.69) is 0 Å². The number of fused-ring (bicyclic) bond motifs is 3. The average molecular weight is 298 g/mol. The van der Waals surface area contributed by atoms with Gasteiger partial charge >= 0.3 is 0 Å². The summed E-state index contributed by atoms with van der Waals surface area (Å²) in [5.41, 5.74) is 0. The molecule has 3 aliphatic heterocycles. The Morgan fingerprint density at radius 2 is 1.48 bits per heavy atom. The summed E-state index contributed by atoms with van der Waals surface area (Å²) in [5, 5.41) is 0. The van der Waals surface area contributed by atoms with Crippen LogP contribution in [-0.4, -0.2) is 48.1 Å². The second-order valence-corrected chi connectivity index (χ2v) is 6.49. The van der Waals surface area contributed by atoms with Gasteiger partial charge in [-0.25, -0.2) is 0 Å². The molecule has 0 aromatic heterocycles. The van der Waals surface area contributed by atoms with E-state index in [0.717, 1.165) is 0 Å². The predicted molar refractivity (Wildman–Crippen MR) is 72.3 cm³/mol. The third kappa shape index (κ3) is 2.66. The van der Waals surface area contributed by atoms with Crippen molar-refractivity contribution in [2.75, 3.05) is 0 Å². The van der Waals surface area contributed by atoms with Crippen LogP contribution in [0.15, 0.2) is 12.2 Å². The molecule has 3 fully saturated rings. The molecule has 118 valence electrons. The fourth-order valence-electron chi connectivity index (χ4n) is 3.10. The van der Waals surface area contributed by atoms with Crippen LogP contribution in [0.3, 0.4) is 0 Å². The maximum atomic E-state index is 12.3. The van der Waals surface area contributed by atoms with Gasteiger partial charge in [-0.15, -0.1) is 0 Å². The zero-order chi connectivity index (χ0) is 15.4. The van der Waals surface area contributed by atoms with Crippen LogP contribution in [0.4, 0.5) is 0 Å². The fourth-order valence-corrected chi connectivity index (χ4v) is 3.10. The standard InChI is InChI=1S/C15H22O6/c1-6-7-8(16)9-10-11(19-14(2,3)18-10)12-13(17-9)21-15(4,5)20-12/h6-7,9-13H,1-5H3/b7-6+/t9-,10+,11+,12-,13-/m1/s1. The SMILES string of the molecule is C/C=C/C(=O)[C@H]1O[C@@H]2OC(C)(C)O[C@@H]2[C@H]2OC(C)(C)O[C@H]21. The summed E-state index contributed by atoms with van der Waals surface area (Å²) in [5.74, 6) is -1.70. The topological polar surface area (TPSA) is 63.2 Å². The highest BCUT2D eigenvalue weighted by Gasteiger charge is 2.61. The first kappa shape index (κ1) is 15.1. The first-order chi connectivity index (χ1) is 9.72. The van der Waals surface area contributed by atoms with Gasteiger partial charge in [-0.05, 0) is 40.7 Å². The van der Waals surface area contributed by atoms with Crippen LogP contribution in [0, 0.1) is 0 Å². The van der Waals surface area contributed by atoms with Gasteiger partial charge in [-0.1, -0.05) is 6.08 Å². The first-order valence-corrected chi connectivity index (χ1v) is 7.26. The lowest BCUT2D eigenvalue weighted by Gasteiger charge is -2.36. The van der Waals surface area contributed by atoms with Crippen molar-refractivity contribution in [2.45, 2.75) is 76.9 Å². The summed E-state index contributed by atoms with van der Waals surface area (Å²) in [4.78, 5) is 12.3. The molecule has 0 N–H and O–H groups in total. The van der Waals surface area contributed by atoms with E-state index in [9.17, 15) is 4.79 Å². The largest absolute Gasteiger partial charge is 0.342 e. The Labute approximate surface area is 124 Å². The van der Waals surface area contributed by atoms with E-state index in [-0.39, 0.29) is 11.9 Å². The van der Waals surface area contributed by atoms with Gasteiger partial charge in [-0.2, -0.15) is 0 Å². The van der Waals surface area contributed by atoms with E-state index in [1.807, 2.05) is 27.7 Å². The average Bonchev–Trinajstić information content (AvgIpc) is 2.82. The normalized spacial score (nSPS) is 43.8. The van der Waals surface area contributed by atoms with Crippen molar-refractivity contribution >= 4 is 5.78 Å². The number of carbonyl (C=O) groups is 1. The zero-order valence-electron chi connectivity index (χ0n) is 13.0. The van der Waals surface area contributed by atoms with Gasteiger partial charge < -0.3 is 23.7 Å². The summed E-state index contributed by atoms with van der Waals surface area (Å²) in [6, 6.07) is 0. The van der Waals surface area contributed by atoms with Crippen LogP contribution in [0.25, 0.3) is 0 Å². The Bertz CT molecular complexity index is 469. The van der Waals surface area contributed by atoms with Crippen molar-refractivity contribution in [1.82, 2.24) is 0 Å². The lowest BCUT2D eigenvalue weighted by Crippen LogP contribution is -2.57. The van der Waals surface area contributed by atoms with Crippen molar-refractivity contribution in [1.29, 1.82) is 0 Å². The predicted octanol–water partition coefficient (Wildman–Crippen LogP) is 1.53. The number of hydrogen-bond acceptors (Lipinski definition) is 6. The molecule has 0 radical (unpaired) electrons. The van der Waals surface area contributed by atoms with Crippen molar-refractivity contribution in [3.63, 3.8) is 0 Å². The molecule has 3 aliphatic rings. The highest BCUT2D eigenvalue weighted by molar-refractivity contribution is 5.94. The van der Waals surface area contributed by atoms with Crippen LogP contribution in [0.5, 0.6) is 0 Å². The molecule has 0 spiro atoms. The molecular weight excluding hydrogens is 276 g/mol. The summed E-state index contributed by atoms with van der Waals surface area (Å²) in [6.07, 6.45) is 0.509. The van der Waals surface area contributed by atoms with Crippen molar-refractivity contribution in [3.8, 4) is 0 Å². The van der Waals surface area contributed by atoms with Crippen LogP contribution in [-0.2, 0) is 28.5 Å². The van der Waals surface area contributed by atoms with E-state index in [1.165, 1.54) is 6.08 Å². The van der Waals surface area contributed by atoms with Crippen molar-refractivity contribution in [2.24, 2.45) is 0 Å². The van der Waals surface area contributed by atoms with Gasteiger partial charge in [0.2, 0.25) is 0 Å². The van der Waals surface area contributed by atoms with Gasteiger partial charge in [0.25, 0.3) is 0 Å². The minimum absolute atomic E-state index is 0.152. The molecule has 3 heterocycles. The number of ether oxygens (including phenoxy) is 5. The highest BCUT2D eigenvalue weighted by atomic mass is 16.9. The third-order valence-electron chi connectivity index (χ3n) is 3.77. The number of rotatable bonds is 2. The van der Waals surface area contributed by atoms with Gasteiger partial charge in [0.05, 0.1) is 0 Å². The van der Waals surface area contributed by atoms with Crippen LogP contribution < -0.4 is 0 Å². The Kier molecular flexibility index (Phi) is 3.50. The lowest BCUT2D eigenvalue weighted by atomic mass is 9.96. The van der Waals surface area contributed by atoms with Gasteiger partial charge in [0.1, 0.15) is 18.3 Å². The third-order valence-corrected chi connectivity index (χ3v) is 3.77. The summed E-state index contributed by atoms with van der Waals surface area (Å²) < 4.78 is 29.2. The Hall–Kier alpha value is -0.790. The fraction of sp³-hybridized carbons (Fsp3) is 0.800. The van der Waals surface area contributed by atoms with Gasteiger partial charge in [-0.3, -0.25) is 4.79 Å². The molecule has 6 heteroatoms. The van der Waals surface area contributed by atoms with E-state index in [1.54, 1.807) is 13.0 Å². The van der Waals surface area contributed by atoms with Crippen LogP contribution in [0.1, 0.15) is 34.6 Å². The molecule has 0 saturated carbocycles. The lowest BCUT2D eigenvalue weighted by molar-refractivity contribution is -0.229. The molecule has 6 nitrogen and oxygen atoms in total. The Morgan fingerprint density at radius 3 is 2.14 bits per heavy atom. The van der Waals surface area contributed by atoms with Gasteiger partial charge in [0, 0.05) is 0 Å².